The lowest BCUT2D eigenvalue weighted by Gasteiger charge is -2.07. The minimum absolute atomic E-state index is 0.181. The molecule has 0 saturated heterocycles. The molecule has 0 aromatic heterocycles. The van der Waals surface area contributed by atoms with Gasteiger partial charge in [0.1, 0.15) is 0 Å². The van der Waals surface area contributed by atoms with Crippen molar-refractivity contribution in [3.8, 4) is 0 Å². The molecule has 142 valence electrons. The van der Waals surface area contributed by atoms with Crippen LogP contribution in [0.25, 0.3) is 0 Å². The molecule has 0 aliphatic heterocycles. The largest absolute Gasteiger partial charge is 0.466 e. The zero-order valence-corrected chi connectivity index (χ0v) is 16.2. The van der Waals surface area contributed by atoms with Gasteiger partial charge in [-0.25, -0.2) is 13.1 Å². The van der Waals surface area contributed by atoms with Crippen LogP contribution in [0.3, 0.4) is 0 Å². The molecule has 0 fully saturated rings. The van der Waals surface area contributed by atoms with E-state index < -0.39 is 10.0 Å². The third-order valence-electron chi connectivity index (χ3n) is 3.95. The summed E-state index contributed by atoms with van der Waals surface area (Å²) in [5, 5.41) is 0. The average Bonchev–Trinajstić information content (AvgIpc) is 2.58. The summed E-state index contributed by atoms with van der Waals surface area (Å²) in [4.78, 5) is 11.3. The Morgan fingerprint density at radius 1 is 1.00 bits per heavy atom. The van der Waals surface area contributed by atoms with Crippen LogP contribution in [0.5, 0.6) is 0 Å². The Kier molecular flexibility index (Phi) is 10.4. The van der Waals surface area contributed by atoms with Gasteiger partial charge in [-0.05, 0) is 37.3 Å². The number of carbonyl (C=O) groups is 1. The second kappa shape index (κ2) is 12.0. The van der Waals surface area contributed by atoms with E-state index in [4.69, 9.17) is 4.74 Å². The summed E-state index contributed by atoms with van der Waals surface area (Å²) in [6.45, 7) is 4.73. The van der Waals surface area contributed by atoms with Crippen molar-refractivity contribution in [2.24, 2.45) is 0 Å². The molecule has 1 rings (SSSR count). The van der Waals surface area contributed by atoms with Gasteiger partial charge < -0.3 is 4.74 Å². The van der Waals surface area contributed by atoms with Crippen LogP contribution in [-0.4, -0.2) is 33.3 Å². The first-order valence-electron chi connectivity index (χ1n) is 9.17. The normalized spacial score (nSPS) is 11.4. The van der Waals surface area contributed by atoms with Crippen LogP contribution in [0.4, 0.5) is 0 Å². The Balaban J connectivity index is 2.30. The fraction of sp³-hybridized carbons (Fsp3) is 0.632. The third kappa shape index (κ3) is 10.2. The number of hydrogen-bond acceptors (Lipinski definition) is 4. The highest BCUT2D eigenvalue weighted by molar-refractivity contribution is 7.89. The number of nitrogens with one attached hydrogen (secondary N) is 1. The van der Waals surface area contributed by atoms with Gasteiger partial charge >= 0.3 is 5.97 Å². The molecule has 0 aliphatic rings. The monoisotopic (exact) mass is 369 g/mol. The minimum atomic E-state index is -3.17. The smallest absolute Gasteiger partial charge is 0.306 e. The third-order valence-corrected chi connectivity index (χ3v) is 5.42. The van der Waals surface area contributed by atoms with Crippen LogP contribution in [0.1, 0.15) is 57.1 Å². The fourth-order valence-corrected chi connectivity index (χ4v) is 3.64. The van der Waals surface area contributed by atoms with E-state index in [1.807, 2.05) is 24.3 Å². The maximum absolute atomic E-state index is 11.9. The first-order chi connectivity index (χ1) is 12.0. The number of esters is 1. The van der Waals surface area contributed by atoms with E-state index in [9.17, 15) is 13.2 Å². The summed E-state index contributed by atoms with van der Waals surface area (Å²) in [5.74, 6) is 0.0275. The fourth-order valence-electron chi connectivity index (χ4n) is 2.49. The summed E-state index contributed by atoms with van der Waals surface area (Å²) in [6, 6.07) is 7.92. The number of sulfonamides is 1. The molecule has 6 heteroatoms. The van der Waals surface area contributed by atoms with Crippen LogP contribution < -0.4 is 4.72 Å². The molecule has 0 amide bonds. The highest BCUT2D eigenvalue weighted by Crippen LogP contribution is 2.08. The number of rotatable bonds is 13. The van der Waals surface area contributed by atoms with Crippen LogP contribution in [0, 0.1) is 0 Å². The predicted molar refractivity (Wildman–Crippen MR) is 101 cm³/mol. The molecule has 0 saturated carbocycles. The molecule has 1 aromatic rings. The van der Waals surface area contributed by atoms with Crippen molar-refractivity contribution >= 4 is 16.0 Å². The molecule has 0 radical (unpaired) electrons. The molecule has 25 heavy (non-hydrogen) atoms. The first kappa shape index (κ1) is 21.6. The van der Waals surface area contributed by atoms with Gasteiger partial charge in [-0.15, -0.1) is 0 Å². The maximum Gasteiger partial charge on any atom is 0.306 e. The van der Waals surface area contributed by atoms with Gasteiger partial charge in [-0.3, -0.25) is 4.79 Å². The van der Waals surface area contributed by atoms with Gasteiger partial charge in [0.15, 0.2) is 0 Å². The molecule has 0 aliphatic carbocycles. The van der Waals surface area contributed by atoms with Gasteiger partial charge in [0.05, 0.1) is 12.4 Å². The standard InChI is InChI=1S/C19H31NO4S/c1-3-5-6-7-16-25(22,23)20-15-14-18-10-8-17(9-11-18)12-13-19(21)24-4-2/h8-11,20H,3-7,12-16H2,1-2H3. The Morgan fingerprint density at radius 2 is 1.64 bits per heavy atom. The highest BCUT2D eigenvalue weighted by atomic mass is 32.2. The van der Waals surface area contributed by atoms with Gasteiger partial charge in [0, 0.05) is 13.0 Å². The van der Waals surface area contributed by atoms with Crippen LogP contribution in [-0.2, 0) is 32.4 Å². The zero-order valence-electron chi connectivity index (χ0n) is 15.4. The minimum Gasteiger partial charge on any atom is -0.466 e. The molecule has 1 aromatic carbocycles. The molecule has 0 spiro atoms. The summed E-state index contributed by atoms with van der Waals surface area (Å²) in [7, 11) is -3.17. The molecule has 0 unspecified atom stereocenters. The second-order valence-electron chi connectivity index (χ2n) is 6.15. The quantitative estimate of drug-likeness (QED) is 0.428. The lowest BCUT2D eigenvalue weighted by Crippen LogP contribution is -2.28. The molecule has 5 nitrogen and oxygen atoms in total. The van der Waals surface area contributed by atoms with Crippen molar-refractivity contribution in [3.63, 3.8) is 0 Å². The van der Waals surface area contributed by atoms with Crippen molar-refractivity contribution in [1.29, 1.82) is 0 Å². The van der Waals surface area contributed by atoms with Crippen LogP contribution in [0.15, 0.2) is 24.3 Å². The lowest BCUT2D eigenvalue weighted by molar-refractivity contribution is -0.143. The van der Waals surface area contributed by atoms with Gasteiger partial charge in [-0.2, -0.15) is 0 Å². The second-order valence-corrected chi connectivity index (χ2v) is 8.07. The number of aryl methyl sites for hydroxylation is 1. The first-order valence-corrected chi connectivity index (χ1v) is 10.8. The van der Waals surface area contributed by atoms with E-state index in [0.29, 0.717) is 32.4 Å². The Hall–Kier alpha value is -1.40. The summed E-state index contributed by atoms with van der Waals surface area (Å²) < 4.78 is 31.3. The van der Waals surface area contributed by atoms with Crippen molar-refractivity contribution in [2.45, 2.75) is 58.8 Å². The van der Waals surface area contributed by atoms with Gasteiger partial charge in [-0.1, -0.05) is 50.5 Å². The summed E-state index contributed by atoms with van der Waals surface area (Å²) >= 11 is 0. The average molecular weight is 370 g/mol. The Bertz CT molecular complexity index is 596. The van der Waals surface area contributed by atoms with Crippen molar-refractivity contribution in [1.82, 2.24) is 4.72 Å². The van der Waals surface area contributed by atoms with Crippen molar-refractivity contribution in [3.05, 3.63) is 35.4 Å². The summed E-state index contributed by atoms with van der Waals surface area (Å²) in [6.07, 6.45) is 5.56. The number of ether oxygens (including phenoxy) is 1. The highest BCUT2D eigenvalue weighted by Gasteiger charge is 2.09. The van der Waals surface area contributed by atoms with Crippen molar-refractivity contribution in [2.75, 3.05) is 18.9 Å². The van der Waals surface area contributed by atoms with Gasteiger partial charge in [0.25, 0.3) is 0 Å². The van der Waals surface area contributed by atoms with Crippen molar-refractivity contribution < 1.29 is 17.9 Å². The van der Waals surface area contributed by atoms with E-state index in [1.54, 1.807) is 6.92 Å². The summed E-state index contributed by atoms with van der Waals surface area (Å²) in [5.41, 5.74) is 2.15. The number of hydrogen-bond donors (Lipinski definition) is 1. The molecule has 0 heterocycles. The molecular formula is C19H31NO4S. The molecule has 1 N–H and O–H groups in total. The Labute approximate surface area is 152 Å². The van der Waals surface area contributed by atoms with E-state index >= 15 is 0 Å². The van der Waals surface area contributed by atoms with E-state index in [2.05, 4.69) is 11.6 Å². The number of unbranched alkanes of at least 4 members (excludes halogenated alkanes) is 3. The van der Waals surface area contributed by atoms with Gasteiger partial charge in [0.2, 0.25) is 10.0 Å². The molecular weight excluding hydrogens is 338 g/mol. The van der Waals surface area contributed by atoms with Crippen LogP contribution in [0.2, 0.25) is 0 Å². The topological polar surface area (TPSA) is 72.5 Å². The lowest BCUT2D eigenvalue weighted by atomic mass is 10.1. The SMILES string of the molecule is CCCCCCS(=O)(=O)NCCc1ccc(CCC(=O)OCC)cc1. The predicted octanol–water partition coefficient (Wildman–Crippen LogP) is 3.22. The van der Waals surface area contributed by atoms with E-state index in [1.165, 1.54) is 0 Å². The molecule has 0 bridgehead atoms. The van der Waals surface area contributed by atoms with E-state index in [-0.39, 0.29) is 11.7 Å². The van der Waals surface area contributed by atoms with Crippen LogP contribution >= 0.6 is 0 Å². The molecule has 0 atom stereocenters. The maximum atomic E-state index is 11.9. The number of benzene rings is 1. The zero-order chi connectivity index (χ0) is 18.5. The Morgan fingerprint density at radius 3 is 2.24 bits per heavy atom. The van der Waals surface area contributed by atoms with E-state index in [0.717, 1.165) is 36.8 Å². The number of carbonyl (C=O) groups excluding carboxylic acids is 1.